The highest BCUT2D eigenvalue weighted by Gasteiger charge is 2.86. The van der Waals surface area contributed by atoms with Gasteiger partial charge in [-0.2, -0.15) is 0 Å². The first-order valence-corrected chi connectivity index (χ1v) is 13.8. The number of carbonyl (C=O) groups is 2. The summed E-state index contributed by atoms with van der Waals surface area (Å²) in [6, 6.07) is 8.38. The molecule has 0 radical (unpaired) electrons. The van der Waals surface area contributed by atoms with Crippen molar-refractivity contribution < 1.29 is 49.0 Å². The van der Waals surface area contributed by atoms with E-state index >= 15 is 0 Å². The monoisotopic (exact) mass is 558 g/mol. The van der Waals surface area contributed by atoms with Crippen molar-refractivity contribution in [3.8, 4) is 0 Å². The van der Waals surface area contributed by atoms with Crippen LogP contribution in [0.15, 0.2) is 41.5 Å². The van der Waals surface area contributed by atoms with E-state index < -0.39 is 75.7 Å². The molecular formula is C30H38O10. The Hall–Kier alpha value is -2.34. The van der Waals surface area contributed by atoms with Crippen molar-refractivity contribution in [3.63, 3.8) is 0 Å². The lowest BCUT2D eigenvalue weighted by Crippen LogP contribution is -2.85. The molecule has 2 heterocycles. The van der Waals surface area contributed by atoms with Crippen LogP contribution in [-0.2, 0) is 23.7 Å². The Kier molecular flexibility index (Phi) is 5.66. The molecule has 2 saturated carbocycles. The van der Waals surface area contributed by atoms with Crippen molar-refractivity contribution in [2.45, 2.75) is 101 Å². The summed E-state index contributed by atoms with van der Waals surface area (Å²) in [6.07, 6.45) is -5.26. The summed E-state index contributed by atoms with van der Waals surface area (Å²) in [4.78, 5) is 27.2. The predicted molar refractivity (Wildman–Crippen MR) is 139 cm³/mol. The summed E-state index contributed by atoms with van der Waals surface area (Å²) in [6.45, 7) is 9.70. The van der Waals surface area contributed by atoms with Crippen LogP contribution in [0, 0.1) is 16.7 Å². The Bertz CT molecular complexity index is 1300. The van der Waals surface area contributed by atoms with Crippen LogP contribution in [-0.4, -0.2) is 86.0 Å². The zero-order valence-corrected chi connectivity index (χ0v) is 23.6. The van der Waals surface area contributed by atoms with Gasteiger partial charge in [0.05, 0.1) is 35.9 Å². The maximum absolute atomic E-state index is 13.9. The van der Waals surface area contributed by atoms with E-state index in [2.05, 4.69) is 0 Å². The smallest absolute Gasteiger partial charge is 0.343 e. The molecule has 40 heavy (non-hydrogen) atoms. The summed E-state index contributed by atoms with van der Waals surface area (Å²) in [5, 5.41) is 48.1. The lowest BCUT2D eigenvalue weighted by molar-refractivity contribution is -0.343. The van der Waals surface area contributed by atoms with Gasteiger partial charge in [-0.1, -0.05) is 25.1 Å². The molecule has 0 unspecified atom stereocenters. The molecule has 218 valence electrons. The van der Waals surface area contributed by atoms with E-state index in [4.69, 9.17) is 18.9 Å². The zero-order valence-electron chi connectivity index (χ0n) is 23.6. The zero-order chi connectivity index (χ0) is 29.3. The van der Waals surface area contributed by atoms with E-state index in [0.717, 1.165) is 0 Å². The first kappa shape index (κ1) is 27.8. The van der Waals surface area contributed by atoms with Gasteiger partial charge >= 0.3 is 11.9 Å². The minimum atomic E-state index is -2.41. The van der Waals surface area contributed by atoms with Gasteiger partial charge in [-0.05, 0) is 64.3 Å². The van der Waals surface area contributed by atoms with Crippen LogP contribution in [0.1, 0.15) is 64.7 Å². The van der Waals surface area contributed by atoms with Gasteiger partial charge in [0.1, 0.15) is 17.3 Å². The highest BCUT2D eigenvalue weighted by molar-refractivity contribution is 5.90. The van der Waals surface area contributed by atoms with E-state index in [1.165, 1.54) is 6.92 Å². The minimum Gasteiger partial charge on any atom is -0.456 e. The number of aliphatic hydroxyl groups excluding tert-OH is 3. The topological polar surface area (TPSA) is 152 Å². The molecule has 1 spiro atoms. The summed E-state index contributed by atoms with van der Waals surface area (Å²) < 4.78 is 24.5. The van der Waals surface area contributed by atoms with E-state index in [9.17, 15) is 30.0 Å². The Morgan fingerprint density at radius 3 is 2.30 bits per heavy atom. The van der Waals surface area contributed by atoms with Crippen LogP contribution in [0.25, 0.3) is 0 Å². The van der Waals surface area contributed by atoms with Gasteiger partial charge < -0.3 is 39.4 Å². The lowest BCUT2D eigenvalue weighted by Gasteiger charge is -2.71. The van der Waals surface area contributed by atoms with E-state index in [-0.39, 0.29) is 25.0 Å². The van der Waals surface area contributed by atoms with Crippen LogP contribution in [0.4, 0.5) is 0 Å². The van der Waals surface area contributed by atoms with Gasteiger partial charge in [-0.3, -0.25) is 0 Å². The third-order valence-electron chi connectivity index (χ3n) is 10.7. The average molecular weight is 559 g/mol. The molecule has 2 saturated heterocycles. The number of hydrogen-bond donors (Lipinski definition) is 4. The Morgan fingerprint density at radius 1 is 1.05 bits per heavy atom. The van der Waals surface area contributed by atoms with Crippen molar-refractivity contribution in [2.75, 3.05) is 6.61 Å². The molecular weight excluding hydrogens is 520 g/mol. The molecule has 9 atom stereocenters. The van der Waals surface area contributed by atoms with Crippen LogP contribution in [0.3, 0.4) is 0 Å². The maximum Gasteiger partial charge on any atom is 0.343 e. The first-order chi connectivity index (χ1) is 18.5. The fourth-order valence-corrected chi connectivity index (χ4v) is 8.79. The number of aliphatic hydroxyl groups is 4. The number of esters is 2. The van der Waals surface area contributed by atoms with Crippen molar-refractivity contribution in [3.05, 3.63) is 47.0 Å². The minimum absolute atomic E-state index is 0.0185. The largest absolute Gasteiger partial charge is 0.456 e. The first-order valence-electron chi connectivity index (χ1n) is 13.8. The maximum atomic E-state index is 13.9. The molecule has 3 aliphatic carbocycles. The highest BCUT2D eigenvalue weighted by Crippen LogP contribution is 2.74. The molecule has 6 rings (SSSR count). The third kappa shape index (κ3) is 3.04. The summed E-state index contributed by atoms with van der Waals surface area (Å²) >= 11 is 0. The van der Waals surface area contributed by atoms with Crippen molar-refractivity contribution >= 4 is 11.9 Å². The van der Waals surface area contributed by atoms with Gasteiger partial charge in [-0.15, -0.1) is 0 Å². The third-order valence-corrected chi connectivity index (χ3v) is 10.7. The molecule has 4 N–H and O–H groups in total. The molecule has 4 fully saturated rings. The van der Waals surface area contributed by atoms with Gasteiger partial charge in [0.25, 0.3) is 0 Å². The average Bonchev–Trinajstić information content (AvgIpc) is 3.35. The Balaban J connectivity index is 1.59. The summed E-state index contributed by atoms with van der Waals surface area (Å²) in [7, 11) is 0. The molecule has 1 aromatic rings. The fourth-order valence-electron chi connectivity index (χ4n) is 8.79. The predicted octanol–water partition coefficient (Wildman–Crippen LogP) is 1.63. The number of carbonyl (C=O) groups excluding carboxylic acids is 2. The Labute approximate surface area is 232 Å². The SMILES string of the molecule is CC1=C2[C@@]3(O)C(=O)OC(C)(C)[C@]2(C[C@@H]1O)[C@@H](O)[C@@H]1[C@]2(COC(C)(C)O2)[C@@H](OC(=O)c2ccccc2)C[C@H](O)[C@]13C. The van der Waals surface area contributed by atoms with E-state index in [1.54, 1.807) is 65.0 Å². The molecule has 2 aliphatic heterocycles. The normalized spacial score (nSPS) is 46.5. The van der Waals surface area contributed by atoms with Gasteiger partial charge in [-0.25, -0.2) is 9.59 Å². The molecule has 0 aromatic heterocycles. The quantitative estimate of drug-likeness (QED) is 0.311. The van der Waals surface area contributed by atoms with Gasteiger partial charge in [0, 0.05) is 17.8 Å². The Morgan fingerprint density at radius 2 is 1.70 bits per heavy atom. The van der Waals surface area contributed by atoms with Crippen molar-refractivity contribution in [1.29, 1.82) is 0 Å². The number of ether oxygens (including phenoxy) is 4. The molecule has 1 aromatic carbocycles. The van der Waals surface area contributed by atoms with Crippen molar-refractivity contribution in [2.24, 2.45) is 16.7 Å². The molecule has 2 bridgehead atoms. The number of rotatable bonds is 2. The van der Waals surface area contributed by atoms with Crippen LogP contribution < -0.4 is 0 Å². The highest BCUT2D eigenvalue weighted by atomic mass is 16.8. The molecule has 10 nitrogen and oxygen atoms in total. The van der Waals surface area contributed by atoms with Gasteiger partial charge in [0.2, 0.25) is 0 Å². The summed E-state index contributed by atoms with van der Waals surface area (Å²) in [5.74, 6) is -3.97. The standard InChI is InChI=1S/C30H38O10/c1-15-17(31)13-28-20(15)30(36,24(35)39-25(28,2)3)27(6)18(32)12-19(38-23(34)16-10-8-7-9-11-16)29(21(27)22(28)33)14-37-26(4,5)40-29/h7-11,17-19,21-22,31-33,36H,12-14H2,1-6H3/t17-,18-,19-,21-,22-,27+,28-,29-,30+/m0/s1. The molecule has 10 heteroatoms. The number of benzene rings is 1. The number of fused-ring (bicyclic) bond motifs is 3. The second kappa shape index (κ2) is 8.14. The van der Waals surface area contributed by atoms with Gasteiger partial charge in [0.15, 0.2) is 11.4 Å². The van der Waals surface area contributed by atoms with E-state index in [0.29, 0.717) is 11.1 Å². The lowest BCUT2D eigenvalue weighted by atomic mass is 9.38. The second-order valence-corrected chi connectivity index (χ2v) is 13.3. The summed E-state index contributed by atoms with van der Waals surface area (Å²) in [5.41, 5.74) is -7.67. The van der Waals surface area contributed by atoms with Crippen LogP contribution in [0.2, 0.25) is 0 Å². The number of hydrogen-bond acceptors (Lipinski definition) is 10. The molecule has 0 amide bonds. The van der Waals surface area contributed by atoms with Crippen molar-refractivity contribution in [1.82, 2.24) is 0 Å². The second-order valence-electron chi connectivity index (χ2n) is 13.3. The molecule has 5 aliphatic rings. The fraction of sp³-hybridized carbons (Fsp3) is 0.667. The van der Waals surface area contributed by atoms with Crippen LogP contribution >= 0.6 is 0 Å². The van der Waals surface area contributed by atoms with Crippen LogP contribution in [0.5, 0.6) is 0 Å². The number of cyclic esters (lactones) is 1. The van der Waals surface area contributed by atoms with E-state index in [1.807, 2.05) is 0 Å².